The number of nitrogens with zero attached hydrogens (tertiary/aromatic N) is 3. The number of hydrogen-bond donors (Lipinski definition) is 0. The van der Waals surface area contributed by atoms with Gasteiger partial charge in [0.15, 0.2) is 5.76 Å². The van der Waals surface area contributed by atoms with Gasteiger partial charge in [0.2, 0.25) is 0 Å². The van der Waals surface area contributed by atoms with Crippen LogP contribution in [0, 0.1) is 5.92 Å². The number of carbonyl (C=O) groups excluding carboxylic acids is 1. The van der Waals surface area contributed by atoms with Crippen molar-refractivity contribution in [1.29, 1.82) is 0 Å². The Hall–Kier alpha value is -1.37. The minimum atomic E-state index is 0.0102. The first-order chi connectivity index (χ1) is 11.2. The topological polar surface area (TPSA) is 49.2 Å². The Morgan fingerprint density at radius 2 is 1.74 bits per heavy atom. The van der Waals surface area contributed by atoms with E-state index in [0.717, 1.165) is 65.6 Å². The summed E-state index contributed by atoms with van der Waals surface area (Å²) in [6.45, 7) is 11.8. The summed E-state index contributed by atoms with van der Waals surface area (Å²) in [5.41, 5.74) is 0. The number of rotatable bonds is 5. The maximum Gasteiger partial charge on any atom is 0.289 e. The molecule has 2 saturated heterocycles. The highest BCUT2D eigenvalue weighted by Gasteiger charge is 2.24. The second kappa shape index (κ2) is 7.95. The summed E-state index contributed by atoms with van der Waals surface area (Å²) in [7, 11) is 0. The zero-order valence-corrected chi connectivity index (χ0v) is 13.9. The Labute approximate surface area is 138 Å². The van der Waals surface area contributed by atoms with Crippen LogP contribution < -0.4 is 0 Å². The molecule has 1 unspecified atom stereocenters. The van der Waals surface area contributed by atoms with Crippen molar-refractivity contribution in [2.24, 2.45) is 5.92 Å². The second-order valence-corrected chi connectivity index (χ2v) is 6.59. The van der Waals surface area contributed by atoms with Crippen molar-refractivity contribution >= 4 is 5.91 Å². The molecule has 3 rings (SSSR count). The summed E-state index contributed by atoms with van der Waals surface area (Å²) < 4.78 is 10.6. The lowest BCUT2D eigenvalue weighted by Gasteiger charge is -2.37. The van der Waals surface area contributed by atoms with E-state index < -0.39 is 0 Å². The van der Waals surface area contributed by atoms with Crippen molar-refractivity contribution in [1.82, 2.24) is 14.7 Å². The third kappa shape index (κ3) is 4.56. The minimum Gasteiger partial charge on any atom is -0.459 e. The Kier molecular flexibility index (Phi) is 5.70. The van der Waals surface area contributed by atoms with Gasteiger partial charge < -0.3 is 14.1 Å². The van der Waals surface area contributed by atoms with Gasteiger partial charge in [-0.1, -0.05) is 6.92 Å². The largest absolute Gasteiger partial charge is 0.459 e. The van der Waals surface area contributed by atoms with E-state index in [9.17, 15) is 4.79 Å². The van der Waals surface area contributed by atoms with Crippen LogP contribution in [0.3, 0.4) is 0 Å². The normalized spacial score (nSPS) is 22.2. The zero-order chi connectivity index (χ0) is 16.1. The van der Waals surface area contributed by atoms with E-state index >= 15 is 0 Å². The van der Waals surface area contributed by atoms with Gasteiger partial charge in [-0.25, -0.2) is 0 Å². The van der Waals surface area contributed by atoms with Crippen LogP contribution in [0.1, 0.15) is 17.5 Å². The number of morpholine rings is 1. The highest BCUT2D eigenvalue weighted by atomic mass is 16.5. The number of piperazine rings is 1. The average Bonchev–Trinajstić information content (AvgIpc) is 3.10. The van der Waals surface area contributed by atoms with Gasteiger partial charge in [0.25, 0.3) is 5.91 Å². The van der Waals surface area contributed by atoms with Crippen molar-refractivity contribution in [3.8, 4) is 0 Å². The molecule has 0 N–H and O–H groups in total. The molecule has 23 heavy (non-hydrogen) atoms. The van der Waals surface area contributed by atoms with E-state index in [4.69, 9.17) is 9.15 Å². The molecule has 2 aliphatic rings. The van der Waals surface area contributed by atoms with Crippen molar-refractivity contribution in [3.63, 3.8) is 0 Å². The van der Waals surface area contributed by atoms with Crippen LogP contribution in [0.2, 0.25) is 0 Å². The standard InChI is InChI=1S/C17H27N3O3/c1-15(14-19-8-11-22-12-9-19)13-18-4-6-20(7-5-18)17(21)16-3-2-10-23-16/h2-3,10,15H,4-9,11-14H2,1H3. The SMILES string of the molecule is CC(CN1CCOCC1)CN1CCN(C(=O)c2ccco2)CC1. The van der Waals surface area contributed by atoms with Crippen LogP contribution in [0.5, 0.6) is 0 Å². The second-order valence-electron chi connectivity index (χ2n) is 6.59. The first-order valence-corrected chi connectivity index (χ1v) is 8.57. The Morgan fingerprint density at radius 1 is 1.09 bits per heavy atom. The minimum absolute atomic E-state index is 0.0102. The summed E-state index contributed by atoms with van der Waals surface area (Å²) >= 11 is 0. The van der Waals surface area contributed by atoms with Gasteiger partial charge in [0.05, 0.1) is 19.5 Å². The summed E-state index contributed by atoms with van der Waals surface area (Å²) in [5.74, 6) is 1.09. The quantitative estimate of drug-likeness (QED) is 0.810. The molecule has 0 radical (unpaired) electrons. The zero-order valence-electron chi connectivity index (χ0n) is 13.9. The summed E-state index contributed by atoms with van der Waals surface area (Å²) in [6, 6.07) is 3.50. The average molecular weight is 321 g/mol. The lowest BCUT2D eigenvalue weighted by molar-refractivity contribution is 0.0267. The molecule has 2 aliphatic heterocycles. The molecule has 6 nitrogen and oxygen atoms in total. The van der Waals surface area contributed by atoms with E-state index in [0.29, 0.717) is 11.7 Å². The predicted octanol–water partition coefficient (Wildman–Crippen LogP) is 1.01. The van der Waals surface area contributed by atoms with E-state index in [1.165, 1.54) is 0 Å². The molecule has 0 aliphatic carbocycles. The number of furan rings is 1. The molecule has 2 fully saturated rings. The fraction of sp³-hybridized carbons (Fsp3) is 0.706. The molecule has 3 heterocycles. The third-order valence-electron chi connectivity index (χ3n) is 4.63. The summed E-state index contributed by atoms with van der Waals surface area (Å²) in [6.07, 6.45) is 1.55. The molecule has 1 aromatic heterocycles. The van der Waals surface area contributed by atoms with Crippen LogP contribution in [0.25, 0.3) is 0 Å². The van der Waals surface area contributed by atoms with Crippen LogP contribution in [0.15, 0.2) is 22.8 Å². The molecule has 0 saturated carbocycles. The highest BCUT2D eigenvalue weighted by Crippen LogP contribution is 2.12. The van der Waals surface area contributed by atoms with Gasteiger partial charge in [0.1, 0.15) is 0 Å². The lowest BCUT2D eigenvalue weighted by Crippen LogP contribution is -2.50. The molecule has 0 spiro atoms. The van der Waals surface area contributed by atoms with Gasteiger partial charge in [-0.3, -0.25) is 14.6 Å². The molecule has 1 atom stereocenters. The number of hydrogen-bond acceptors (Lipinski definition) is 5. The summed E-state index contributed by atoms with van der Waals surface area (Å²) in [4.78, 5) is 19.1. The fourth-order valence-corrected chi connectivity index (χ4v) is 3.41. The molecule has 128 valence electrons. The van der Waals surface area contributed by atoms with Gasteiger partial charge in [-0.15, -0.1) is 0 Å². The molecule has 0 bridgehead atoms. The van der Waals surface area contributed by atoms with Crippen molar-refractivity contribution in [3.05, 3.63) is 24.2 Å². The molecule has 1 aromatic rings. The van der Waals surface area contributed by atoms with Crippen LogP contribution >= 0.6 is 0 Å². The molecular weight excluding hydrogens is 294 g/mol. The van der Waals surface area contributed by atoms with Crippen LogP contribution in [-0.2, 0) is 4.74 Å². The Morgan fingerprint density at radius 3 is 2.35 bits per heavy atom. The van der Waals surface area contributed by atoms with E-state index in [2.05, 4.69) is 16.7 Å². The maximum atomic E-state index is 12.2. The lowest BCUT2D eigenvalue weighted by atomic mass is 10.1. The molecular formula is C17H27N3O3. The maximum absolute atomic E-state index is 12.2. The summed E-state index contributed by atoms with van der Waals surface area (Å²) in [5, 5.41) is 0. The van der Waals surface area contributed by atoms with Crippen molar-refractivity contribution in [2.75, 3.05) is 65.6 Å². The van der Waals surface area contributed by atoms with Crippen molar-refractivity contribution < 1.29 is 13.9 Å². The first kappa shape index (κ1) is 16.5. The van der Waals surface area contributed by atoms with Gasteiger partial charge in [-0.2, -0.15) is 0 Å². The van der Waals surface area contributed by atoms with Gasteiger partial charge >= 0.3 is 0 Å². The van der Waals surface area contributed by atoms with E-state index in [1.54, 1.807) is 18.4 Å². The Balaban J connectivity index is 1.39. The van der Waals surface area contributed by atoms with E-state index in [-0.39, 0.29) is 5.91 Å². The number of carbonyl (C=O) groups is 1. The molecule has 1 amide bonds. The first-order valence-electron chi connectivity index (χ1n) is 8.57. The highest BCUT2D eigenvalue weighted by molar-refractivity contribution is 5.91. The van der Waals surface area contributed by atoms with Crippen LogP contribution in [-0.4, -0.2) is 86.2 Å². The Bertz CT molecular complexity index is 477. The van der Waals surface area contributed by atoms with Crippen LogP contribution in [0.4, 0.5) is 0 Å². The smallest absolute Gasteiger partial charge is 0.289 e. The third-order valence-corrected chi connectivity index (χ3v) is 4.63. The monoisotopic (exact) mass is 321 g/mol. The van der Waals surface area contributed by atoms with Gasteiger partial charge in [-0.05, 0) is 18.1 Å². The molecule has 0 aromatic carbocycles. The van der Waals surface area contributed by atoms with E-state index in [1.807, 2.05) is 4.90 Å². The number of amides is 1. The van der Waals surface area contributed by atoms with Gasteiger partial charge in [0, 0.05) is 52.4 Å². The fourth-order valence-electron chi connectivity index (χ4n) is 3.41. The van der Waals surface area contributed by atoms with Crippen molar-refractivity contribution in [2.45, 2.75) is 6.92 Å². The number of ether oxygens (including phenoxy) is 1. The molecule has 6 heteroatoms. The predicted molar refractivity (Wildman–Crippen MR) is 87.5 cm³/mol.